The molecule has 7 heteroatoms. The summed E-state index contributed by atoms with van der Waals surface area (Å²) in [6, 6.07) is 12.3. The second-order valence-corrected chi connectivity index (χ2v) is 6.88. The van der Waals surface area contributed by atoms with Crippen LogP contribution in [0.1, 0.15) is 16.8 Å². The predicted molar refractivity (Wildman–Crippen MR) is 99.9 cm³/mol. The first-order valence-electron chi connectivity index (χ1n) is 8.01. The Morgan fingerprint density at radius 3 is 2.37 bits per heavy atom. The lowest BCUT2D eigenvalue weighted by atomic mass is 9.92. The van der Waals surface area contributed by atoms with Gasteiger partial charge in [-0.1, -0.05) is 33.2 Å². The number of alkyl halides is 2. The van der Waals surface area contributed by atoms with Gasteiger partial charge < -0.3 is 9.63 Å². The van der Waals surface area contributed by atoms with Crippen LogP contribution in [-0.2, 0) is 0 Å². The molecule has 0 aliphatic heterocycles. The quantitative estimate of drug-likeness (QED) is 0.563. The second-order valence-electron chi connectivity index (χ2n) is 5.96. The number of aliphatic hydroxyl groups excluding tert-OH is 1. The molecule has 1 aromatic heterocycles. The summed E-state index contributed by atoms with van der Waals surface area (Å²) < 4.78 is 47.6. The van der Waals surface area contributed by atoms with Crippen molar-refractivity contribution in [2.45, 2.75) is 12.8 Å². The Morgan fingerprint density at radius 2 is 1.78 bits per heavy atom. The van der Waals surface area contributed by atoms with Gasteiger partial charge in [-0.05, 0) is 60.5 Å². The standard InChI is InChI=1S/C20H15BrF3NO2/c1-12-18(19(27-25-12)14-2-6-15(21)7-3-14)17(10-20(23,24)11-26)13-4-8-16(22)9-5-13/h2-10,26H,11H2,1H3/b17-10-. The van der Waals surface area contributed by atoms with Crippen LogP contribution < -0.4 is 0 Å². The molecule has 0 amide bonds. The van der Waals surface area contributed by atoms with Gasteiger partial charge in [-0.2, -0.15) is 8.78 Å². The maximum absolute atomic E-state index is 14.0. The third-order valence-electron chi connectivity index (χ3n) is 3.96. The van der Waals surface area contributed by atoms with E-state index in [9.17, 15) is 13.2 Å². The number of aromatic nitrogens is 1. The van der Waals surface area contributed by atoms with Gasteiger partial charge in [0, 0.05) is 10.0 Å². The third kappa shape index (κ3) is 4.31. The Hall–Kier alpha value is -2.38. The van der Waals surface area contributed by atoms with E-state index in [4.69, 9.17) is 9.63 Å². The minimum atomic E-state index is -3.47. The molecule has 140 valence electrons. The van der Waals surface area contributed by atoms with Crippen LogP contribution >= 0.6 is 15.9 Å². The fraction of sp³-hybridized carbons (Fsp3) is 0.150. The summed E-state index contributed by atoms with van der Waals surface area (Å²) in [5.41, 5.74) is 1.86. The summed E-state index contributed by atoms with van der Waals surface area (Å²) in [5.74, 6) is -3.64. The van der Waals surface area contributed by atoms with Gasteiger partial charge in [0.2, 0.25) is 0 Å². The fourth-order valence-electron chi connectivity index (χ4n) is 2.67. The first-order chi connectivity index (χ1) is 12.8. The number of benzene rings is 2. The molecular formula is C20H15BrF3NO2. The summed E-state index contributed by atoms with van der Waals surface area (Å²) in [6.07, 6.45) is 0.655. The lowest BCUT2D eigenvalue weighted by molar-refractivity contribution is -0.00436. The summed E-state index contributed by atoms with van der Waals surface area (Å²) in [5, 5.41) is 12.9. The van der Waals surface area contributed by atoms with Gasteiger partial charge in [0.05, 0.1) is 11.3 Å². The minimum Gasteiger partial charge on any atom is -0.390 e. The Labute approximate surface area is 162 Å². The highest BCUT2D eigenvalue weighted by Crippen LogP contribution is 2.37. The number of hydrogen-bond acceptors (Lipinski definition) is 3. The predicted octanol–water partition coefficient (Wildman–Crippen LogP) is 5.61. The molecule has 0 aliphatic rings. The zero-order valence-electron chi connectivity index (χ0n) is 14.2. The van der Waals surface area contributed by atoms with Gasteiger partial charge >= 0.3 is 0 Å². The van der Waals surface area contributed by atoms with Crippen molar-refractivity contribution in [1.29, 1.82) is 0 Å². The summed E-state index contributed by atoms with van der Waals surface area (Å²) in [4.78, 5) is 0. The molecule has 27 heavy (non-hydrogen) atoms. The molecule has 1 N–H and O–H groups in total. The molecule has 0 spiro atoms. The number of rotatable bonds is 5. The zero-order chi connectivity index (χ0) is 19.6. The lowest BCUT2D eigenvalue weighted by Crippen LogP contribution is -2.18. The van der Waals surface area contributed by atoms with Crippen LogP contribution in [0.4, 0.5) is 13.2 Å². The van der Waals surface area contributed by atoms with E-state index in [1.54, 1.807) is 31.2 Å². The van der Waals surface area contributed by atoms with Crippen LogP contribution in [0.2, 0.25) is 0 Å². The van der Waals surface area contributed by atoms with E-state index >= 15 is 0 Å². The Balaban J connectivity index is 2.23. The topological polar surface area (TPSA) is 46.3 Å². The lowest BCUT2D eigenvalue weighted by Gasteiger charge is -2.14. The van der Waals surface area contributed by atoms with Gasteiger partial charge in [0.25, 0.3) is 5.92 Å². The third-order valence-corrected chi connectivity index (χ3v) is 4.49. The molecule has 0 aliphatic carbocycles. The largest absolute Gasteiger partial charge is 0.390 e. The van der Waals surface area contributed by atoms with E-state index in [1.165, 1.54) is 24.3 Å². The van der Waals surface area contributed by atoms with E-state index in [0.717, 1.165) is 4.47 Å². The molecule has 0 unspecified atom stereocenters. The van der Waals surface area contributed by atoms with Gasteiger partial charge in [-0.15, -0.1) is 0 Å². The van der Waals surface area contributed by atoms with Gasteiger partial charge in [-0.3, -0.25) is 0 Å². The second kappa shape index (κ2) is 7.70. The van der Waals surface area contributed by atoms with E-state index in [2.05, 4.69) is 21.1 Å². The van der Waals surface area contributed by atoms with Crippen LogP contribution in [0.25, 0.3) is 16.9 Å². The maximum atomic E-state index is 14.0. The van der Waals surface area contributed by atoms with Gasteiger partial charge in [-0.25, -0.2) is 4.39 Å². The average molecular weight is 438 g/mol. The van der Waals surface area contributed by atoms with Crippen molar-refractivity contribution in [2.75, 3.05) is 6.61 Å². The molecule has 0 atom stereocenters. The fourth-order valence-corrected chi connectivity index (χ4v) is 2.94. The maximum Gasteiger partial charge on any atom is 0.289 e. The van der Waals surface area contributed by atoms with Gasteiger partial charge in [0.1, 0.15) is 12.4 Å². The first-order valence-corrected chi connectivity index (χ1v) is 8.80. The van der Waals surface area contributed by atoms with Crippen molar-refractivity contribution in [1.82, 2.24) is 5.16 Å². The van der Waals surface area contributed by atoms with Crippen molar-refractivity contribution in [2.24, 2.45) is 0 Å². The van der Waals surface area contributed by atoms with Crippen LogP contribution in [0.15, 0.2) is 63.6 Å². The molecule has 3 rings (SSSR count). The number of hydrogen-bond donors (Lipinski definition) is 1. The number of aliphatic hydroxyl groups is 1. The number of halogens is 4. The summed E-state index contributed by atoms with van der Waals surface area (Å²) in [6.45, 7) is 0.283. The zero-order valence-corrected chi connectivity index (χ0v) is 15.8. The summed E-state index contributed by atoms with van der Waals surface area (Å²) >= 11 is 3.34. The van der Waals surface area contributed by atoms with Crippen LogP contribution in [-0.4, -0.2) is 22.8 Å². The van der Waals surface area contributed by atoms with E-state index in [1.807, 2.05) is 0 Å². The SMILES string of the molecule is Cc1noc(-c2ccc(Br)cc2)c1/C(=C\C(F)(F)CO)c1ccc(F)cc1. The average Bonchev–Trinajstić information content (AvgIpc) is 3.02. The van der Waals surface area contributed by atoms with Gasteiger partial charge in [0.15, 0.2) is 5.76 Å². The minimum absolute atomic E-state index is 0.103. The smallest absolute Gasteiger partial charge is 0.289 e. The van der Waals surface area contributed by atoms with E-state index < -0.39 is 18.3 Å². The first kappa shape index (κ1) is 19.4. The monoisotopic (exact) mass is 437 g/mol. The molecule has 2 aromatic carbocycles. The number of aryl methyl sites for hydroxylation is 1. The molecule has 3 aromatic rings. The molecule has 0 saturated carbocycles. The van der Waals surface area contributed by atoms with Crippen LogP contribution in [0, 0.1) is 12.7 Å². The molecule has 1 heterocycles. The van der Waals surface area contributed by atoms with Crippen LogP contribution in [0.3, 0.4) is 0 Å². The number of nitrogens with zero attached hydrogens (tertiary/aromatic N) is 1. The van der Waals surface area contributed by atoms with E-state index in [0.29, 0.717) is 34.2 Å². The molecule has 3 nitrogen and oxygen atoms in total. The highest BCUT2D eigenvalue weighted by molar-refractivity contribution is 9.10. The highest BCUT2D eigenvalue weighted by atomic mass is 79.9. The Kier molecular flexibility index (Phi) is 5.53. The normalized spacial score (nSPS) is 12.4. The van der Waals surface area contributed by atoms with Crippen molar-refractivity contribution in [3.05, 3.63) is 81.7 Å². The van der Waals surface area contributed by atoms with Crippen LogP contribution in [0.5, 0.6) is 0 Å². The van der Waals surface area contributed by atoms with E-state index in [-0.39, 0.29) is 5.57 Å². The molecule has 0 bridgehead atoms. The Bertz CT molecular complexity index is 964. The van der Waals surface area contributed by atoms with Crippen molar-refractivity contribution in [3.8, 4) is 11.3 Å². The molecule has 0 radical (unpaired) electrons. The Morgan fingerprint density at radius 1 is 1.15 bits per heavy atom. The van der Waals surface area contributed by atoms with Crippen molar-refractivity contribution in [3.63, 3.8) is 0 Å². The molecular weight excluding hydrogens is 423 g/mol. The molecule has 0 saturated heterocycles. The van der Waals surface area contributed by atoms with Crippen molar-refractivity contribution < 1.29 is 22.8 Å². The van der Waals surface area contributed by atoms with Crippen molar-refractivity contribution >= 4 is 21.5 Å². The highest BCUT2D eigenvalue weighted by Gasteiger charge is 2.29. The molecule has 0 fully saturated rings. The summed E-state index contributed by atoms with van der Waals surface area (Å²) in [7, 11) is 0.